The quantitative estimate of drug-likeness (QED) is 0.794. The van der Waals surface area contributed by atoms with Crippen molar-refractivity contribution in [2.24, 2.45) is 5.92 Å². The first-order valence-corrected chi connectivity index (χ1v) is 8.13. The monoisotopic (exact) mass is 306 g/mol. The van der Waals surface area contributed by atoms with Crippen LogP contribution in [-0.2, 0) is 11.3 Å². The standard InChI is InChI=1S/C14H18N4O2S/c1-2-18-13(11-4-3-7-20-11)16-17-14(18)21-9-12(19)15-8-10-5-6-10/h3-4,7,10H,2,5-6,8-9H2,1H3,(H,15,19). The molecule has 2 aromatic rings. The minimum absolute atomic E-state index is 0.0529. The summed E-state index contributed by atoms with van der Waals surface area (Å²) in [5.41, 5.74) is 0. The maximum Gasteiger partial charge on any atom is 0.230 e. The summed E-state index contributed by atoms with van der Waals surface area (Å²) in [6.45, 7) is 3.56. The van der Waals surface area contributed by atoms with Crippen LogP contribution < -0.4 is 5.32 Å². The fourth-order valence-electron chi connectivity index (χ4n) is 2.03. The van der Waals surface area contributed by atoms with Gasteiger partial charge in [0.05, 0.1) is 12.0 Å². The van der Waals surface area contributed by atoms with Gasteiger partial charge < -0.3 is 9.73 Å². The van der Waals surface area contributed by atoms with Crippen LogP contribution in [0.15, 0.2) is 28.0 Å². The molecule has 1 aliphatic rings. The molecule has 6 nitrogen and oxygen atoms in total. The lowest BCUT2D eigenvalue weighted by Gasteiger charge is -2.06. The highest BCUT2D eigenvalue weighted by molar-refractivity contribution is 7.99. The van der Waals surface area contributed by atoms with Crippen molar-refractivity contribution in [3.05, 3.63) is 18.4 Å². The number of hydrogen-bond acceptors (Lipinski definition) is 5. The molecule has 0 bridgehead atoms. The molecule has 112 valence electrons. The van der Waals surface area contributed by atoms with E-state index in [0.717, 1.165) is 18.2 Å². The van der Waals surface area contributed by atoms with Gasteiger partial charge in [-0.25, -0.2) is 0 Å². The Morgan fingerprint density at radius 3 is 3.05 bits per heavy atom. The number of nitrogens with zero attached hydrogens (tertiary/aromatic N) is 3. The summed E-state index contributed by atoms with van der Waals surface area (Å²) in [6.07, 6.45) is 4.09. The van der Waals surface area contributed by atoms with Gasteiger partial charge in [0, 0.05) is 13.1 Å². The van der Waals surface area contributed by atoms with Gasteiger partial charge >= 0.3 is 0 Å². The van der Waals surface area contributed by atoms with Gasteiger partial charge in [-0.1, -0.05) is 11.8 Å². The summed E-state index contributed by atoms with van der Waals surface area (Å²) in [5, 5.41) is 12.0. The van der Waals surface area contributed by atoms with E-state index in [-0.39, 0.29) is 5.91 Å². The van der Waals surface area contributed by atoms with Crippen molar-refractivity contribution in [2.75, 3.05) is 12.3 Å². The molecule has 0 atom stereocenters. The Kier molecular flexibility index (Phi) is 4.28. The van der Waals surface area contributed by atoms with Gasteiger partial charge in [-0.05, 0) is 37.8 Å². The van der Waals surface area contributed by atoms with E-state index in [1.54, 1.807) is 6.26 Å². The number of thioether (sulfide) groups is 1. The molecule has 1 aliphatic carbocycles. The fraction of sp³-hybridized carbons (Fsp3) is 0.500. The Morgan fingerprint density at radius 2 is 2.38 bits per heavy atom. The van der Waals surface area contributed by atoms with Crippen molar-refractivity contribution < 1.29 is 9.21 Å². The van der Waals surface area contributed by atoms with E-state index in [4.69, 9.17) is 4.42 Å². The molecule has 1 saturated carbocycles. The number of amides is 1. The van der Waals surface area contributed by atoms with Crippen molar-refractivity contribution in [1.82, 2.24) is 20.1 Å². The number of furan rings is 1. The molecule has 3 rings (SSSR count). The highest BCUT2D eigenvalue weighted by Crippen LogP contribution is 2.28. The van der Waals surface area contributed by atoms with Crippen LogP contribution in [0.4, 0.5) is 0 Å². The van der Waals surface area contributed by atoms with Crippen molar-refractivity contribution in [1.29, 1.82) is 0 Å². The third-order valence-corrected chi connectivity index (χ3v) is 4.36. The van der Waals surface area contributed by atoms with Crippen LogP contribution in [0.5, 0.6) is 0 Å². The van der Waals surface area contributed by atoms with Crippen LogP contribution in [0.1, 0.15) is 19.8 Å². The number of aromatic nitrogens is 3. The Balaban J connectivity index is 1.61. The molecule has 21 heavy (non-hydrogen) atoms. The average Bonchev–Trinajstić information content (AvgIpc) is 3.01. The first-order valence-electron chi connectivity index (χ1n) is 7.14. The van der Waals surface area contributed by atoms with E-state index in [0.29, 0.717) is 23.3 Å². The van der Waals surface area contributed by atoms with Gasteiger partial charge in [-0.3, -0.25) is 9.36 Å². The number of carbonyl (C=O) groups excluding carboxylic acids is 1. The van der Waals surface area contributed by atoms with Crippen molar-refractivity contribution in [2.45, 2.75) is 31.5 Å². The summed E-state index contributed by atoms with van der Waals surface area (Å²) in [5.74, 6) is 2.50. The largest absolute Gasteiger partial charge is 0.461 e. The van der Waals surface area contributed by atoms with E-state index >= 15 is 0 Å². The molecule has 2 aromatic heterocycles. The Bertz CT molecular complexity index is 605. The summed E-state index contributed by atoms with van der Waals surface area (Å²) >= 11 is 1.41. The van der Waals surface area contributed by atoms with Gasteiger partial charge in [-0.2, -0.15) is 0 Å². The first-order chi connectivity index (χ1) is 10.3. The van der Waals surface area contributed by atoms with E-state index in [1.807, 2.05) is 23.6 Å². The van der Waals surface area contributed by atoms with E-state index in [9.17, 15) is 4.79 Å². The molecule has 2 heterocycles. The molecular formula is C14H18N4O2S. The van der Waals surface area contributed by atoms with E-state index in [1.165, 1.54) is 24.6 Å². The molecule has 0 aromatic carbocycles. The lowest BCUT2D eigenvalue weighted by Crippen LogP contribution is -2.27. The van der Waals surface area contributed by atoms with E-state index in [2.05, 4.69) is 15.5 Å². The predicted octanol–water partition coefficient (Wildman–Crippen LogP) is 2.18. The topological polar surface area (TPSA) is 73.0 Å². The van der Waals surface area contributed by atoms with Crippen LogP contribution in [0, 0.1) is 5.92 Å². The zero-order valence-electron chi connectivity index (χ0n) is 11.9. The Morgan fingerprint density at radius 1 is 1.52 bits per heavy atom. The summed E-state index contributed by atoms with van der Waals surface area (Å²) in [7, 11) is 0. The second kappa shape index (κ2) is 6.34. The van der Waals surface area contributed by atoms with Crippen LogP contribution in [0.25, 0.3) is 11.6 Å². The molecule has 7 heteroatoms. The normalized spacial score (nSPS) is 14.3. The third kappa shape index (κ3) is 3.47. The molecule has 0 spiro atoms. The van der Waals surface area contributed by atoms with Gasteiger partial charge in [0.25, 0.3) is 0 Å². The van der Waals surface area contributed by atoms with Gasteiger partial charge in [0.2, 0.25) is 5.91 Å². The minimum Gasteiger partial charge on any atom is -0.461 e. The Hall–Kier alpha value is -1.76. The third-order valence-electron chi connectivity index (χ3n) is 3.39. The highest BCUT2D eigenvalue weighted by Gasteiger charge is 2.22. The van der Waals surface area contributed by atoms with Crippen molar-refractivity contribution in [3.63, 3.8) is 0 Å². The zero-order chi connectivity index (χ0) is 14.7. The molecular weight excluding hydrogens is 288 g/mol. The highest BCUT2D eigenvalue weighted by atomic mass is 32.2. The lowest BCUT2D eigenvalue weighted by molar-refractivity contribution is -0.118. The predicted molar refractivity (Wildman–Crippen MR) is 79.9 cm³/mol. The fourth-order valence-corrected chi connectivity index (χ4v) is 2.86. The number of rotatable bonds is 7. The van der Waals surface area contributed by atoms with Gasteiger partial charge in [-0.15, -0.1) is 10.2 Å². The number of nitrogens with one attached hydrogen (secondary N) is 1. The smallest absolute Gasteiger partial charge is 0.230 e. The molecule has 1 fully saturated rings. The summed E-state index contributed by atoms with van der Waals surface area (Å²) in [4.78, 5) is 11.8. The van der Waals surface area contributed by atoms with Crippen LogP contribution >= 0.6 is 11.8 Å². The molecule has 0 radical (unpaired) electrons. The molecule has 0 saturated heterocycles. The van der Waals surface area contributed by atoms with Crippen LogP contribution in [0.3, 0.4) is 0 Å². The second-order valence-electron chi connectivity index (χ2n) is 5.06. The van der Waals surface area contributed by atoms with Gasteiger partial charge in [0.15, 0.2) is 16.7 Å². The maximum absolute atomic E-state index is 11.8. The summed E-state index contributed by atoms with van der Waals surface area (Å²) < 4.78 is 7.32. The molecule has 0 unspecified atom stereocenters. The first kappa shape index (κ1) is 14.2. The average molecular weight is 306 g/mol. The van der Waals surface area contributed by atoms with Crippen LogP contribution in [0.2, 0.25) is 0 Å². The number of carbonyl (C=O) groups is 1. The summed E-state index contributed by atoms with van der Waals surface area (Å²) in [6, 6.07) is 3.68. The Labute approximate surface area is 127 Å². The molecule has 0 aliphatic heterocycles. The van der Waals surface area contributed by atoms with E-state index < -0.39 is 0 Å². The van der Waals surface area contributed by atoms with Crippen LogP contribution in [-0.4, -0.2) is 33.0 Å². The lowest BCUT2D eigenvalue weighted by atomic mass is 10.4. The molecule has 1 amide bonds. The SMILES string of the molecule is CCn1c(SCC(=O)NCC2CC2)nnc1-c1ccco1. The minimum atomic E-state index is 0.0529. The molecule has 1 N–H and O–H groups in total. The van der Waals surface area contributed by atoms with Crippen molar-refractivity contribution >= 4 is 17.7 Å². The maximum atomic E-state index is 11.8. The second-order valence-corrected chi connectivity index (χ2v) is 6.01. The van der Waals surface area contributed by atoms with Crippen molar-refractivity contribution in [3.8, 4) is 11.6 Å². The van der Waals surface area contributed by atoms with Gasteiger partial charge in [0.1, 0.15) is 0 Å². The zero-order valence-corrected chi connectivity index (χ0v) is 12.7. The number of hydrogen-bond donors (Lipinski definition) is 1.